The van der Waals surface area contributed by atoms with E-state index in [2.05, 4.69) is 4.98 Å². The number of pyridine rings is 1. The van der Waals surface area contributed by atoms with Crippen LogP contribution in [0.4, 0.5) is 4.39 Å². The largest absolute Gasteiger partial charge is 0.324 e. The normalized spacial score (nSPS) is 11.9. The van der Waals surface area contributed by atoms with Crippen molar-refractivity contribution in [1.82, 2.24) is 4.98 Å². The average molecular weight is 177 g/mol. The summed E-state index contributed by atoms with van der Waals surface area (Å²) in [5, 5.41) is 0. The molecule has 2 nitrogen and oxygen atoms in total. The van der Waals surface area contributed by atoms with Crippen LogP contribution < -0.4 is 5.73 Å². The van der Waals surface area contributed by atoms with Crippen LogP contribution in [-0.4, -0.2) is 4.98 Å². The van der Waals surface area contributed by atoms with Gasteiger partial charge in [-0.1, -0.05) is 0 Å². The van der Waals surface area contributed by atoms with Gasteiger partial charge in [-0.25, -0.2) is 4.39 Å². The van der Waals surface area contributed by atoms with Crippen molar-refractivity contribution < 1.29 is 4.39 Å². The molecule has 0 radical (unpaired) electrons. The number of hydrogen-bond donors (Lipinski definition) is 1. The van der Waals surface area contributed by atoms with Crippen LogP contribution in [-0.2, 0) is 0 Å². The van der Waals surface area contributed by atoms with E-state index in [9.17, 15) is 4.39 Å². The van der Waals surface area contributed by atoms with Gasteiger partial charge in [0, 0.05) is 12.2 Å². The van der Waals surface area contributed by atoms with Gasteiger partial charge in [-0.15, -0.1) is 12.4 Å². The highest BCUT2D eigenvalue weighted by molar-refractivity contribution is 5.85. The summed E-state index contributed by atoms with van der Waals surface area (Å²) in [7, 11) is 0. The summed E-state index contributed by atoms with van der Waals surface area (Å²) in [6.07, 6.45) is 2.72. The number of nitrogens with two attached hydrogens (primary N) is 1. The van der Waals surface area contributed by atoms with Crippen molar-refractivity contribution in [2.75, 3.05) is 0 Å². The fourth-order valence-corrected chi connectivity index (χ4v) is 0.677. The molecule has 11 heavy (non-hydrogen) atoms. The summed E-state index contributed by atoms with van der Waals surface area (Å²) >= 11 is 0. The maximum atomic E-state index is 12.4. The Hall–Kier alpha value is -0.670. The lowest BCUT2D eigenvalue weighted by molar-refractivity contribution is 0.615. The first-order valence-corrected chi connectivity index (χ1v) is 3.06. The van der Waals surface area contributed by atoms with Gasteiger partial charge < -0.3 is 5.73 Å². The van der Waals surface area contributed by atoms with Crippen LogP contribution in [0, 0.1) is 5.82 Å². The van der Waals surface area contributed by atoms with Gasteiger partial charge in [0.05, 0.1) is 6.20 Å². The summed E-state index contributed by atoms with van der Waals surface area (Å²) in [5.74, 6) is -0.338. The Morgan fingerprint density at radius 2 is 2.18 bits per heavy atom. The molecule has 0 aromatic carbocycles. The summed E-state index contributed by atoms with van der Waals surface area (Å²) < 4.78 is 12.4. The molecule has 2 N–H and O–H groups in total. The number of halogens is 2. The van der Waals surface area contributed by atoms with Crippen molar-refractivity contribution >= 4 is 12.4 Å². The highest BCUT2D eigenvalue weighted by Gasteiger charge is 1.99. The van der Waals surface area contributed by atoms with Crippen molar-refractivity contribution in [3.8, 4) is 0 Å². The zero-order valence-electron chi connectivity index (χ0n) is 6.12. The number of hydrogen-bond acceptors (Lipinski definition) is 2. The van der Waals surface area contributed by atoms with E-state index in [1.807, 2.05) is 0 Å². The quantitative estimate of drug-likeness (QED) is 0.707. The lowest BCUT2D eigenvalue weighted by Crippen LogP contribution is -2.05. The molecule has 1 heterocycles. The van der Waals surface area contributed by atoms with E-state index < -0.39 is 0 Å². The van der Waals surface area contributed by atoms with Crippen LogP contribution in [0.3, 0.4) is 0 Å². The Morgan fingerprint density at radius 3 is 2.55 bits per heavy atom. The van der Waals surface area contributed by atoms with Crippen molar-refractivity contribution in [2.45, 2.75) is 13.0 Å². The van der Waals surface area contributed by atoms with Crippen LogP contribution in [0.15, 0.2) is 18.5 Å². The minimum absolute atomic E-state index is 0. The summed E-state index contributed by atoms with van der Waals surface area (Å²) in [6.45, 7) is 1.79. The highest BCUT2D eigenvalue weighted by atomic mass is 35.5. The minimum Gasteiger partial charge on any atom is -0.324 e. The molecule has 62 valence electrons. The molecule has 1 rings (SSSR count). The van der Waals surface area contributed by atoms with Gasteiger partial charge in [0.1, 0.15) is 5.82 Å². The third-order valence-corrected chi connectivity index (χ3v) is 1.25. The monoisotopic (exact) mass is 176 g/mol. The minimum atomic E-state index is -0.338. The van der Waals surface area contributed by atoms with Crippen molar-refractivity contribution in [3.05, 3.63) is 29.8 Å². The second-order valence-corrected chi connectivity index (χ2v) is 2.23. The first-order valence-electron chi connectivity index (χ1n) is 3.06. The Bertz CT molecular complexity index is 227. The van der Waals surface area contributed by atoms with Crippen LogP contribution in [0.1, 0.15) is 18.5 Å². The first-order chi connectivity index (χ1) is 4.70. The van der Waals surface area contributed by atoms with Crippen LogP contribution in [0.2, 0.25) is 0 Å². The lowest BCUT2D eigenvalue weighted by Gasteiger charge is -2.02. The molecule has 1 aromatic heterocycles. The van der Waals surface area contributed by atoms with Crippen molar-refractivity contribution in [2.24, 2.45) is 5.73 Å². The second kappa shape index (κ2) is 4.26. The summed E-state index contributed by atoms with van der Waals surface area (Å²) in [6, 6.07) is 1.24. The lowest BCUT2D eigenvalue weighted by atomic mass is 10.2. The Labute approximate surface area is 71.0 Å². The fourth-order valence-electron chi connectivity index (χ4n) is 0.677. The SMILES string of the molecule is CC(N)c1cncc(F)c1.Cl. The van der Waals surface area contributed by atoms with Crippen molar-refractivity contribution in [3.63, 3.8) is 0 Å². The van der Waals surface area contributed by atoms with Crippen LogP contribution in [0.5, 0.6) is 0 Å². The van der Waals surface area contributed by atoms with Gasteiger partial charge in [0.25, 0.3) is 0 Å². The first kappa shape index (κ1) is 10.3. The molecule has 0 bridgehead atoms. The number of aromatic nitrogens is 1. The van der Waals surface area contributed by atoms with Gasteiger partial charge >= 0.3 is 0 Å². The van der Waals surface area contributed by atoms with E-state index >= 15 is 0 Å². The Morgan fingerprint density at radius 1 is 1.55 bits per heavy atom. The van der Waals surface area contributed by atoms with E-state index in [1.54, 1.807) is 13.1 Å². The average Bonchev–Trinajstić information content (AvgIpc) is 1.88. The topological polar surface area (TPSA) is 38.9 Å². The second-order valence-electron chi connectivity index (χ2n) is 2.23. The Balaban J connectivity index is 0.000001000. The molecule has 1 unspecified atom stereocenters. The molecule has 0 aliphatic rings. The van der Waals surface area contributed by atoms with Gasteiger partial charge in [-0.05, 0) is 18.6 Å². The standard InChI is InChI=1S/C7H9FN2.ClH/c1-5(9)6-2-7(8)4-10-3-6;/h2-5H,9H2,1H3;1H. The zero-order chi connectivity index (χ0) is 7.56. The summed E-state index contributed by atoms with van der Waals surface area (Å²) in [4.78, 5) is 3.65. The third kappa shape index (κ3) is 2.82. The van der Waals surface area contributed by atoms with E-state index in [1.165, 1.54) is 6.07 Å². The van der Waals surface area contributed by atoms with E-state index in [0.717, 1.165) is 11.8 Å². The molecule has 0 aliphatic carbocycles. The number of nitrogens with zero attached hydrogens (tertiary/aromatic N) is 1. The summed E-state index contributed by atoms with van der Waals surface area (Å²) in [5.41, 5.74) is 6.20. The van der Waals surface area contributed by atoms with E-state index in [0.29, 0.717) is 0 Å². The Kier molecular flexibility index (Phi) is 4.00. The van der Waals surface area contributed by atoms with E-state index in [-0.39, 0.29) is 24.3 Å². The van der Waals surface area contributed by atoms with Gasteiger partial charge in [0.2, 0.25) is 0 Å². The smallest absolute Gasteiger partial charge is 0.141 e. The molecule has 0 amide bonds. The zero-order valence-corrected chi connectivity index (χ0v) is 6.94. The predicted molar refractivity (Wildman–Crippen MR) is 44.0 cm³/mol. The van der Waals surface area contributed by atoms with Crippen LogP contribution >= 0.6 is 12.4 Å². The molecule has 0 fully saturated rings. The molecule has 0 aliphatic heterocycles. The predicted octanol–water partition coefficient (Wildman–Crippen LogP) is 1.66. The molecule has 0 saturated carbocycles. The number of rotatable bonds is 1. The van der Waals surface area contributed by atoms with Gasteiger partial charge in [-0.3, -0.25) is 4.98 Å². The maximum Gasteiger partial charge on any atom is 0.141 e. The van der Waals surface area contributed by atoms with Gasteiger partial charge in [-0.2, -0.15) is 0 Å². The molecule has 0 saturated heterocycles. The van der Waals surface area contributed by atoms with Gasteiger partial charge in [0.15, 0.2) is 0 Å². The molecular weight excluding hydrogens is 167 g/mol. The molecule has 1 aromatic rings. The molecular formula is C7H10ClFN2. The fraction of sp³-hybridized carbons (Fsp3) is 0.286. The maximum absolute atomic E-state index is 12.4. The molecule has 4 heteroatoms. The highest BCUT2D eigenvalue weighted by Crippen LogP contribution is 2.07. The van der Waals surface area contributed by atoms with Crippen LogP contribution in [0.25, 0.3) is 0 Å². The van der Waals surface area contributed by atoms with Crippen molar-refractivity contribution in [1.29, 1.82) is 0 Å². The van der Waals surface area contributed by atoms with E-state index in [4.69, 9.17) is 5.73 Å². The molecule has 0 spiro atoms. The third-order valence-electron chi connectivity index (χ3n) is 1.25. The molecule has 1 atom stereocenters.